The van der Waals surface area contributed by atoms with E-state index in [1.54, 1.807) is 5.57 Å². The van der Waals surface area contributed by atoms with E-state index >= 15 is 0 Å². The van der Waals surface area contributed by atoms with Gasteiger partial charge in [0.2, 0.25) is 0 Å². The monoisotopic (exact) mass is 613 g/mol. The molecule has 0 spiro atoms. The molecule has 44 heavy (non-hydrogen) atoms. The first-order valence-electron chi connectivity index (χ1n) is 19.5. The molecule has 0 saturated heterocycles. The van der Waals surface area contributed by atoms with Gasteiger partial charge in [-0.05, 0) is 111 Å². The van der Waals surface area contributed by atoms with Crippen molar-refractivity contribution in [3.63, 3.8) is 0 Å². The van der Waals surface area contributed by atoms with Gasteiger partial charge in [0, 0.05) is 13.0 Å². The zero-order chi connectivity index (χ0) is 31.6. The largest absolute Gasteiger partial charge is 0.446 e. The molecule has 3 saturated carbocycles. The number of carbonyl (C=O) groups is 1. The summed E-state index contributed by atoms with van der Waals surface area (Å²) in [5.41, 5.74) is 8.04. The fourth-order valence-corrected chi connectivity index (χ4v) is 10.8. The number of ether oxygens (including phenoxy) is 1. The van der Waals surface area contributed by atoms with E-state index in [1.165, 1.54) is 116 Å². The first-order chi connectivity index (χ1) is 21.2. The third-order valence-electron chi connectivity index (χ3n) is 13.4. The molecule has 0 aromatic carbocycles. The van der Waals surface area contributed by atoms with Crippen LogP contribution >= 0.6 is 0 Å². The van der Waals surface area contributed by atoms with Gasteiger partial charge < -0.3 is 15.8 Å². The number of unbranched alkanes of at least 4 members (excludes halogenated alkanes) is 9. The van der Waals surface area contributed by atoms with Crippen molar-refractivity contribution in [1.82, 2.24) is 5.32 Å². The van der Waals surface area contributed by atoms with Gasteiger partial charge in [-0.3, -0.25) is 0 Å². The maximum Gasteiger partial charge on any atom is 0.407 e. The van der Waals surface area contributed by atoms with Crippen molar-refractivity contribution in [2.24, 2.45) is 52.1 Å². The molecule has 4 unspecified atom stereocenters. The van der Waals surface area contributed by atoms with E-state index in [2.05, 4.69) is 46.0 Å². The summed E-state index contributed by atoms with van der Waals surface area (Å²) < 4.78 is 6.00. The van der Waals surface area contributed by atoms with Crippen molar-refractivity contribution in [3.8, 4) is 0 Å². The standard InChI is InChI=1S/C40H72N2O2/c1-30(2)17-16-18-31(3)35-21-22-36-34-20-19-32-29-33(23-25-39(32,4)37(34)24-26-40(35,36)5)44-38(43)42-28-15-13-11-9-7-6-8-10-12-14-27-41/h19,30-31,33-37H,6-18,20-29,41H2,1-5H3,(H,42,43)/t31-,33?,34?,35-,36?,37?,39+,40-/m1/s1. The molecule has 1 amide bonds. The van der Waals surface area contributed by atoms with Gasteiger partial charge in [-0.25, -0.2) is 4.79 Å². The predicted octanol–water partition coefficient (Wildman–Crippen LogP) is 11.0. The number of hydrogen-bond acceptors (Lipinski definition) is 3. The lowest BCUT2D eigenvalue weighted by Crippen LogP contribution is -2.51. The third kappa shape index (κ3) is 9.07. The highest BCUT2D eigenvalue weighted by Crippen LogP contribution is 2.67. The maximum absolute atomic E-state index is 12.6. The number of nitrogens with two attached hydrogens (primary N) is 1. The fourth-order valence-electron chi connectivity index (χ4n) is 10.8. The third-order valence-corrected chi connectivity index (χ3v) is 13.4. The summed E-state index contributed by atoms with van der Waals surface area (Å²) in [6.07, 6.45) is 29.5. The number of rotatable bonds is 18. The topological polar surface area (TPSA) is 64.3 Å². The van der Waals surface area contributed by atoms with Gasteiger partial charge in [0.1, 0.15) is 6.10 Å². The molecule has 0 aliphatic heterocycles. The van der Waals surface area contributed by atoms with Crippen molar-refractivity contribution in [2.75, 3.05) is 13.1 Å². The van der Waals surface area contributed by atoms with Crippen LogP contribution in [0.15, 0.2) is 11.6 Å². The van der Waals surface area contributed by atoms with Gasteiger partial charge in [-0.1, -0.05) is 117 Å². The highest BCUT2D eigenvalue weighted by atomic mass is 16.6. The summed E-state index contributed by atoms with van der Waals surface area (Å²) in [5, 5.41) is 3.06. The van der Waals surface area contributed by atoms with E-state index in [-0.39, 0.29) is 12.2 Å². The van der Waals surface area contributed by atoms with Crippen molar-refractivity contribution in [3.05, 3.63) is 11.6 Å². The molecule has 8 atom stereocenters. The maximum atomic E-state index is 12.6. The number of nitrogens with one attached hydrogen (secondary N) is 1. The molecule has 4 nitrogen and oxygen atoms in total. The summed E-state index contributed by atoms with van der Waals surface area (Å²) in [5.74, 6) is 5.21. The number of alkyl carbamates (subject to hydrolysis) is 1. The number of amides is 1. The lowest BCUT2D eigenvalue weighted by atomic mass is 9.47. The summed E-state index contributed by atoms with van der Waals surface area (Å²) >= 11 is 0. The van der Waals surface area contributed by atoms with Crippen LogP contribution in [0.4, 0.5) is 4.79 Å². The first kappa shape index (κ1) is 35.8. The highest BCUT2D eigenvalue weighted by Gasteiger charge is 2.59. The van der Waals surface area contributed by atoms with Crippen LogP contribution in [0.3, 0.4) is 0 Å². The fraction of sp³-hybridized carbons (Fsp3) is 0.925. The predicted molar refractivity (Wildman–Crippen MR) is 187 cm³/mol. The number of fused-ring (bicyclic) bond motifs is 5. The second-order valence-electron chi connectivity index (χ2n) is 16.8. The van der Waals surface area contributed by atoms with E-state index in [4.69, 9.17) is 10.5 Å². The Kier molecular flexibility index (Phi) is 14.0. The van der Waals surface area contributed by atoms with E-state index in [9.17, 15) is 4.79 Å². The second-order valence-corrected chi connectivity index (χ2v) is 16.8. The van der Waals surface area contributed by atoms with E-state index in [1.807, 2.05) is 0 Å². The Balaban J connectivity index is 1.17. The zero-order valence-electron chi connectivity index (χ0n) is 29.8. The summed E-state index contributed by atoms with van der Waals surface area (Å²) in [6, 6.07) is 0. The van der Waals surface area contributed by atoms with Crippen LogP contribution < -0.4 is 11.1 Å². The van der Waals surface area contributed by atoms with Gasteiger partial charge in [-0.2, -0.15) is 0 Å². The molecular weight excluding hydrogens is 540 g/mol. The minimum absolute atomic E-state index is 0.0483. The average Bonchev–Trinajstić information content (AvgIpc) is 3.35. The Morgan fingerprint density at radius 2 is 1.55 bits per heavy atom. The van der Waals surface area contributed by atoms with Gasteiger partial charge >= 0.3 is 6.09 Å². The molecule has 4 aliphatic rings. The molecular formula is C40H72N2O2. The first-order valence-corrected chi connectivity index (χ1v) is 19.5. The molecule has 0 aromatic rings. The Morgan fingerprint density at radius 3 is 2.23 bits per heavy atom. The summed E-state index contributed by atoms with van der Waals surface area (Å²) in [6.45, 7) is 14.2. The number of allylic oxidation sites excluding steroid dienone is 1. The quantitative estimate of drug-likeness (QED) is 0.120. The Bertz CT molecular complexity index is 900. The molecule has 0 heterocycles. The van der Waals surface area contributed by atoms with Crippen LogP contribution in [0.5, 0.6) is 0 Å². The van der Waals surface area contributed by atoms with Crippen LogP contribution in [0.25, 0.3) is 0 Å². The van der Waals surface area contributed by atoms with Crippen molar-refractivity contribution >= 4 is 6.09 Å². The minimum atomic E-state index is -0.196. The van der Waals surface area contributed by atoms with Gasteiger partial charge in [0.05, 0.1) is 0 Å². The lowest BCUT2D eigenvalue weighted by Gasteiger charge is -2.58. The Morgan fingerprint density at radius 1 is 0.864 bits per heavy atom. The molecule has 3 fully saturated rings. The van der Waals surface area contributed by atoms with Gasteiger partial charge in [0.15, 0.2) is 0 Å². The smallest absolute Gasteiger partial charge is 0.407 e. The van der Waals surface area contributed by atoms with Gasteiger partial charge in [0.25, 0.3) is 0 Å². The molecule has 0 aromatic heterocycles. The molecule has 4 heteroatoms. The van der Waals surface area contributed by atoms with Crippen molar-refractivity contribution in [1.29, 1.82) is 0 Å². The molecule has 0 radical (unpaired) electrons. The van der Waals surface area contributed by atoms with Crippen LogP contribution in [-0.2, 0) is 4.74 Å². The normalized spacial score (nSPS) is 33.7. The molecule has 4 aliphatic carbocycles. The van der Waals surface area contributed by atoms with Crippen LogP contribution in [0.2, 0.25) is 0 Å². The van der Waals surface area contributed by atoms with E-state index < -0.39 is 0 Å². The lowest BCUT2D eigenvalue weighted by molar-refractivity contribution is -0.0581. The van der Waals surface area contributed by atoms with Crippen molar-refractivity contribution < 1.29 is 9.53 Å². The zero-order valence-corrected chi connectivity index (χ0v) is 29.8. The molecule has 0 bridgehead atoms. The van der Waals surface area contributed by atoms with E-state index in [0.29, 0.717) is 10.8 Å². The number of carbonyl (C=O) groups excluding carboxylic acids is 1. The minimum Gasteiger partial charge on any atom is -0.446 e. The average molecular weight is 613 g/mol. The van der Waals surface area contributed by atoms with Crippen molar-refractivity contribution in [2.45, 2.75) is 176 Å². The van der Waals surface area contributed by atoms with Crippen LogP contribution in [-0.4, -0.2) is 25.3 Å². The molecule has 3 N–H and O–H groups in total. The molecule has 254 valence electrons. The number of hydrogen-bond donors (Lipinski definition) is 2. The van der Waals surface area contributed by atoms with Crippen LogP contribution in [0, 0.1) is 46.3 Å². The summed E-state index contributed by atoms with van der Waals surface area (Å²) in [7, 11) is 0. The van der Waals surface area contributed by atoms with Crippen LogP contribution in [0.1, 0.15) is 169 Å². The molecule has 4 rings (SSSR count). The highest BCUT2D eigenvalue weighted by molar-refractivity contribution is 5.67. The van der Waals surface area contributed by atoms with E-state index in [0.717, 1.165) is 67.9 Å². The second kappa shape index (κ2) is 17.2. The Hall–Kier alpha value is -1.03. The van der Waals surface area contributed by atoms with Gasteiger partial charge in [-0.15, -0.1) is 0 Å². The Labute approximate surface area is 272 Å². The summed E-state index contributed by atoms with van der Waals surface area (Å²) in [4.78, 5) is 12.6. The SMILES string of the molecule is CC(C)CCC[C@@H](C)[C@H]1CCC2C3CC=C4CC(OC(=O)NCCCCCCCCCCCCN)CC[C@]4(C)C3CC[C@@]21C.